The maximum Gasteiger partial charge on any atom is 0.245 e. The van der Waals surface area contributed by atoms with Gasteiger partial charge in [0.25, 0.3) is 0 Å². The van der Waals surface area contributed by atoms with Gasteiger partial charge in [0, 0.05) is 38.8 Å². The molecule has 0 saturated carbocycles. The molecular formula is C18H23ClN4O3. The maximum atomic E-state index is 12.7. The second-order valence-corrected chi connectivity index (χ2v) is 7.71. The van der Waals surface area contributed by atoms with Gasteiger partial charge in [-0.05, 0) is 31.4 Å². The number of piperidine rings is 1. The second kappa shape index (κ2) is 7.04. The second-order valence-electron chi connectivity index (χ2n) is 7.27. The van der Waals surface area contributed by atoms with Crippen LogP contribution in [0.4, 0.5) is 5.82 Å². The number of carbonyl (C=O) groups is 2. The first-order valence-corrected chi connectivity index (χ1v) is 9.51. The number of aromatic nitrogens is 1. The van der Waals surface area contributed by atoms with E-state index < -0.39 is 0 Å². The minimum Gasteiger partial charge on any atom is -0.371 e. The van der Waals surface area contributed by atoms with Crippen molar-refractivity contribution in [2.45, 2.75) is 37.3 Å². The van der Waals surface area contributed by atoms with E-state index in [9.17, 15) is 9.59 Å². The average molecular weight is 379 g/mol. The van der Waals surface area contributed by atoms with Crippen LogP contribution in [0.25, 0.3) is 0 Å². The summed E-state index contributed by atoms with van der Waals surface area (Å²) in [5.41, 5.74) is -0.292. The van der Waals surface area contributed by atoms with Crippen LogP contribution >= 0.6 is 11.6 Å². The molecule has 3 saturated heterocycles. The Morgan fingerprint density at radius 1 is 1.31 bits per heavy atom. The topological polar surface area (TPSA) is 74.8 Å². The van der Waals surface area contributed by atoms with Crippen LogP contribution in [0.5, 0.6) is 0 Å². The van der Waals surface area contributed by atoms with Crippen molar-refractivity contribution in [1.29, 1.82) is 0 Å². The Labute approximate surface area is 157 Å². The summed E-state index contributed by atoms with van der Waals surface area (Å²) >= 11 is 5.91. The Hall–Kier alpha value is -1.86. The van der Waals surface area contributed by atoms with Crippen molar-refractivity contribution >= 4 is 29.2 Å². The third-order valence-corrected chi connectivity index (χ3v) is 5.79. The molecule has 1 aromatic heterocycles. The molecule has 140 valence electrons. The smallest absolute Gasteiger partial charge is 0.245 e. The van der Waals surface area contributed by atoms with Crippen molar-refractivity contribution in [2.24, 2.45) is 0 Å². The van der Waals surface area contributed by atoms with Crippen molar-refractivity contribution in [1.82, 2.24) is 15.2 Å². The number of nitrogens with zero attached hydrogens (tertiary/aromatic N) is 3. The summed E-state index contributed by atoms with van der Waals surface area (Å²) in [6.07, 6.45) is 4.39. The van der Waals surface area contributed by atoms with Crippen LogP contribution in [-0.4, -0.2) is 66.1 Å². The van der Waals surface area contributed by atoms with E-state index >= 15 is 0 Å². The third-order valence-electron chi connectivity index (χ3n) is 5.56. The molecule has 0 aromatic carbocycles. The van der Waals surface area contributed by atoms with E-state index in [0.29, 0.717) is 37.6 Å². The SMILES string of the molecule is O=C1CCC(C(=O)N2CCOC3(CCN(c4ccc(Cl)cn4)CC3)C2)N1. The van der Waals surface area contributed by atoms with Gasteiger partial charge in [0.2, 0.25) is 11.8 Å². The molecule has 0 bridgehead atoms. The minimum absolute atomic E-state index is 0.0281. The van der Waals surface area contributed by atoms with Gasteiger partial charge in [-0.15, -0.1) is 0 Å². The number of amides is 2. The third kappa shape index (κ3) is 3.50. The largest absolute Gasteiger partial charge is 0.371 e. The van der Waals surface area contributed by atoms with Gasteiger partial charge in [0.05, 0.1) is 17.2 Å². The van der Waals surface area contributed by atoms with Crippen LogP contribution in [0, 0.1) is 0 Å². The molecule has 2 amide bonds. The van der Waals surface area contributed by atoms with Gasteiger partial charge >= 0.3 is 0 Å². The number of hydrogen-bond donors (Lipinski definition) is 1. The van der Waals surface area contributed by atoms with Gasteiger partial charge in [-0.1, -0.05) is 11.6 Å². The fourth-order valence-corrected chi connectivity index (χ4v) is 4.17. The molecule has 1 aromatic rings. The molecular weight excluding hydrogens is 356 g/mol. The summed E-state index contributed by atoms with van der Waals surface area (Å²) in [6, 6.07) is 3.42. The Bertz CT molecular complexity index is 688. The van der Waals surface area contributed by atoms with Gasteiger partial charge in [-0.25, -0.2) is 4.98 Å². The molecule has 1 N–H and O–H groups in total. The number of morpholine rings is 1. The van der Waals surface area contributed by atoms with Crippen LogP contribution in [0.1, 0.15) is 25.7 Å². The van der Waals surface area contributed by atoms with E-state index in [0.717, 1.165) is 31.7 Å². The molecule has 3 aliphatic heterocycles. The number of nitrogens with one attached hydrogen (secondary N) is 1. The van der Waals surface area contributed by atoms with Crippen LogP contribution in [0.15, 0.2) is 18.3 Å². The lowest BCUT2D eigenvalue weighted by atomic mass is 9.89. The standard InChI is InChI=1S/C18H23ClN4O3/c19-13-1-3-15(20-11-13)22-7-5-18(6-8-22)12-23(9-10-26-18)17(25)14-2-4-16(24)21-14/h1,3,11,14H,2,4-10,12H2,(H,21,24). The van der Waals surface area contributed by atoms with Crippen LogP contribution in [-0.2, 0) is 14.3 Å². The Balaban J connectivity index is 1.38. The first-order chi connectivity index (χ1) is 12.5. The number of pyridine rings is 1. The van der Waals surface area contributed by atoms with E-state index in [1.807, 2.05) is 17.0 Å². The van der Waals surface area contributed by atoms with Crippen LogP contribution < -0.4 is 10.2 Å². The Kier molecular flexibility index (Phi) is 4.75. The van der Waals surface area contributed by atoms with E-state index in [-0.39, 0.29) is 23.5 Å². The number of carbonyl (C=O) groups excluding carboxylic acids is 2. The molecule has 4 heterocycles. The molecule has 1 atom stereocenters. The highest BCUT2D eigenvalue weighted by Crippen LogP contribution is 2.32. The number of ether oxygens (including phenoxy) is 1. The zero-order valence-corrected chi connectivity index (χ0v) is 15.4. The highest BCUT2D eigenvalue weighted by Gasteiger charge is 2.43. The molecule has 0 aliphatic carbocycles. The van der Waals surface area contributed by atoms with Crippen molar-refractivity contribution < 1.29 is 14.3 Å². The average Bonchev–Trinajstić information content (AvgIpc) is 3.09. The fourth-order valence-electron chi connectivity index (χ4n) is 4.05. The zero-order valence-electron chi connectivity index (χ0n) is 14.6. The van der Waals surface area contributed by atoms with Gasteiger partial charge < -0.3 is 19.9 Å². The van der Waals surface area contributed by atoms with Crippen LogP contribution in [0.3, 0.4) is 0 Å². The summed E-state index contributed by atoms with van der Waals surface area (Å²) in [5, 5.41) is 3.41. The molecule has 7 nitrogen and oxygen atoms in total. The lowest BCUT2D eigenvalue weighted by Gasteiger charge is -2.47. The highest BCUT2D eigenvalue weighted by molar-refractivity contribution is 6.30. The molecule has 4 rings (SSSR count). The van der Waals surface area contributed by atoms with Gasteiger partial charge in [-0.3, -0.25) is 9.59 Å². The maximum absolute atomic E-state index is 12.7. The predicted octanol–water partition coefficient (Wildman–Crippen LogP) is 1.21. The molecule has 1 unspecified atom stereocenters. The van der Waals surface area contributed by atoms with Crippen molar-refractivity contribution in [3.05, 3.63) is 23.4 Å². The van der Waals surface area contributed by atoms with E-state index in [1.165, 1.54) is 0 Å². The summed E-state index contributed by atoms with van der Waals surface area (Å²) in [7, 11) is 0. The first kappa shape index (κ1) is 17.5. The van der Waals surface area contributed by atoms with Crippen molar-refractivity contribution in [3.8, 4) is 0 Å². The monoisotopic (exact) mass is 378 g/mol. The number of hydrogen-bond acceptors (Lipinski definition) is 5. The normalized spacial score (nSPS) is 25.4. The number of halogens is 1. The molecule has 3 fully saturated rings. The summed E-state index contributed by atoms with van der Waals surface area (Å²) in [6.45, 7) is 3.40. The highest BCUT2D eigenvalue weighted by atomic mass is 35.5. The van der Waals surface area contributed by atoms with Crippen molar-refractivity contribution in [3.63, 3.8) is 0 Å². The Morgan fingerprint density at radius 3 is 2.77 bits per heavy atom. The quantitative estimate of drug-likeness (QED) is 0.837. The summed E-state index contributed by atoms with van der Waals surface area (Å²) in [5.74, 6) is 0.914. The minimum atomic E-state index is -0.365. The number of anilines is 1. The molecule has 26 heavy (non-hydrogen) atoms. The van der Waals surface area contributed by atoms with Gasteiger partial charge in [0.15, 0.2) is 0 Å². The Morgan fingerprint density at radius 2 is 2.12 bits per heavy atom. The number of rotatable bonds is 2. The fraction of sp³-hybridized carbons (Fsp3) is 0.611. The van der Waals surface area contributed by atoms with E-state index in [2.05, 4.69) is 15.2 Å². The van der Waals surface area contributed by atoms with E-state index in [4.69, 9.17) is 16.3 Å². The van der Waals surface area contributed by atoms with Gasteiger partial charge in [-0.2, -0.15) is 0 Å². The van der Waals surface area contributed by atoms with Crippen molar-refractivity contribution in [2.75, 3.05) is 37.7 Å². The molecule has 1 spiro atoms. The lowest BCUT2D eigenvalue weighted by molar-refractivity contribution is -0.156. The molecule has 3 aliphatic rings. The summed E-state index contributed by atoms with van der Waals surface area (Å²) < 4.78 is 6.12. The first-order valence-electron chi connectivity index (χ1n) is 9.13. The zero-order chi connectivity index (χ0) is 18.1. The lowest BCUT2D eigenvalue weighted by Crippen LogP contribution is -2.60. The predicted molar refractivity (Wildman–Crippen MR) is 97.1 cm³/mol. The van der Waals surface area contributed by atoms with Gasteiger partial charge in [0.1, 0.15) is 11.9 Å². The summed E-state index contributed by atoms with van der Waals surface area (Å²) in [4.78, 5) is 32.6. The molecule has 8 heteroatoms. The van der Waals surface area contributed by atoms with Crippen LogP contribution in [0.2, 0.25) is 5.02 Å². The van der Waals surface area contributed by atoms with E-state index in [1.54, 1.807) is 6.20 Å². The molecule has 0 radical (unpaired) electrons.